The third-order valence-electron chi connectivity index (χ3n) is 3.90. The molecule has 1 N–H and O–H groups in total. The zero-order valence-corrected chi connectivity index (χ0v) is 14.4. The first-order valence-electron chi connectivity index (χ1n) is 7.93. The Hall–Kier alpha value is -2.29. The van der Waals surface area contributed by atoms with Gasteiger partial charge in [0.25, 0.3) is 5.91 Å². The summed E-state index contributed by atoms with van der Waals surface area (Å²) < 4.78 is 32.3. The number of nitrogens with zero attached hydrogens (tertiary/aromatic N) is 2. The third-order valence-corrected chi connectivity index (χ3v) is 5.85. The van der Waals surface area contributed by atoms with Crippen LogP contribution in [0.5, 0.6) is 0 Å². The first kappa shape index (κ1) is 17.5. The normalized spacial score (nSPS) is 15.7. The van der Waals surface area contributed by atoms with Crippen LogP contribution in [0.15, 0.2) is 53.7 Å². The van der Waals surface area contributed by atoms with E-state index in [4.69, 9.17) is 4.74 Å². The monoisotopic (exact) mass is 361 g/mol. The largest absolute Gasteiger partial charge is 0.379 e. The number of aromatic nitrogens is 1. The summed E-state index contributed by atoms with van der Waals surface area (Å²) in [4.78, 5) is 16.5. The summed E-state index contributed by atoms with van der Waals surface area (Å²) in [6.07, 6.45) is 3.30. The van der Waals surface area contributed by atoms with Gasteiger partial charge in [0.1, 0.15) is 0 Å². The van der Waals surface area contributed by atoms with Crippen molar-refractivity contribution in [3.8, 4) is 0 Å². The van der Waals surface area contributed by atoms with Crippen molar-refractivity contribution < 1.29 is 17.9 Å². The van der Waals surface area contributed by atoms with Crippen LogP contribution in [0, 0.1) is 0 Å². The number of carbonyl (C=O) groups excluding carboxylic acids is 1. The molecule has 3 rings (SSSR count). The summed E-state index contributed by atoms with van der Waals surface area (Å²) in [6, 6.07) is 9.86. The van der Waals surface area contributed by atoms with Gasteiger partial charge in [0.15, 0.2) is 0 Å². The van der Waals surface area contributed by atoms with Crippen molar-refractivity contribution in [2.75, 3.05) is 26.3 Å². The molecule has 2 heterocycles. The van der Waals surface area contributed by atoms with E-state index in [9.17, 15) is 13.2 Å². The summed E-state index contributed by atoms with van der Waals surface area (Å²) in [6.45, 7) is 1.56. The summed E-state index contributed by atoms with van der Waals surface area (Å²) >= 11 is 0. The second-order valence-electron chi connectivity index (χ2n) is 5.56. The van der Waals surface area contributed by atoms with E-state index < -0.39 is 15.9 Å². The van der Waals surface area contributed by atoms with E-state index in [2.05, 4.69) is 10.3 Å². The molecule has 1 aromatic heterocycles. The molecule has 0 radical (unpaired) electrons. The Morgan fingerprint density at radius 1 is 1.16 bits per heavy atom. The van der Waals surface area contributed by atoms with Crippen molar-refractivity contribution in [1.82, 2.24) is 14.6 Å². The van der Waals surface area contributed by atoms with Crippen molar-refractivity contribution in [2.24, 2.45) is 0 Å². The number of morpholine rings is 1. The highest BCUT2D eigenvalue weighted by atomic mass is 32.2. The Bertz CT molecular complexity index is 834. The summed E-state index contributed by atoms with van der Waals surface area (Å²) in [5, 5.41) is 2.74. The molecular formula is C17H19N3O4S. The molecule has 8 heteroatoms. The zero-order valence-electron chi connectivity index (χ0n) is 13.6. The molecule has 1 aliphatic rings. The molecule has 0 aliphatic carbocycles. The maximum absolute atomic E-state index is 12.9. The minimum Gasteiger partial charge on any atom is -0.379 e. The number of hydrogen-bond acceptors (Lipinski definition) is 5. The molecule has 1 amide bonds. The lowest BCUT2D eigenvalue weighted by Gasteiger charge is -2.26. The molecule has 25 heavy (non-hydrogen) atoms. The van der Waals surface area contributed by atoms with Crippen LogP contribution in [0.2, 0.25) is 0 Å². The minimum absolute atomic E-state index is 0.0144. The molecule has 0 spiro atoms. The molecule has 1 saturated heterocycles. The lowest BCUT2D eigenvalue weighted by atomic mass is 10.2. The number of nitrogens with one attached hydrogen (secondary N) is 1. The van der Waals surface area contributed by atoms with Crippen LogP contribution in [0.3, 0.4) is 0 Å². The number of pyridine rings is 1. The summed E-state index contributed by atoms with van der Waals surface area (Å²) in [5.41, 5.74) is 0.974. The molecular weight excluding hydrogens is 342 g/mol. The number of amides is 1. The molecule has 1 aromatic carbocycles. The van der Waals surface area contributed by atoms with E-state index in [1.54, 1.807) is 30.6 Å². The maximum Gasteiger partial charge on any atom is 0.252 e. The fraction of sp³-hybridized carbons (Fsp3) is 0.294. The molecule has 0 unspecified atom stereocenters. The Balaban J connectivity index is 1.81. The van der Waals surface area contributed by atoms with Crippen LogP contribution in [0.25, 0.3) is 0 Å². The third kappa shape index (κ3) is 4.04. The molecule has 0 atom stereocenters. The van der Waals surface area contributed by atoms with Gasteiger partial charge in [-0.2, -0.15) is 4.31 Å². The lowest BCUT2D eigenvalue weighted by molar-refractivity contribution is 0.0730. The van der Waals surface area contributed by atoms with Gasteiger partial charge < -0.3 is 10.1 Å². The van der Waals surface area contributed by atoms with Gasteiger partial charge >= 0.3 is 0 Å². The Kier molecular flexibility index (Phi) is 5.42. The van der Waals surface area contributed by atoms with E-state index in [1.165, 1.54) is 16.4 Å². The van der Waals surface area contributed by atoms with Gasteiger partial charge in [-0.1, -0.05) is 18.2 Å². The van der Waals surface area contributed by atoms with Gasteiger partial charge in [-0.3, -0.25) is 9.78 Å². The predicted molar refractivity (Wildman–Crippen MR) is 91.4 cm³/mol. The molecule has 1 aliphatic heterocycles. The highest BCUT2D eigenvalue weighted by molar-refractivity contribution is 7.89. The predicted octanol–water partition coefficient (Wildman–Crippen LogP) is 1.03. The fourth-order valence-electron chi connectivity index (χ4n) is 2.59. The highest BCUT2D eigenvalue weighted by Gasteiger charge is 2.29. The van der Waals surface area contributed by atoms with Crippen LogP contribution in [0.4, 0.5) is 0 Å². The molecule has 0 bridgehead atoms. The molecule has 7 nitrogen and oxygen atoms in total. The Morgan fingerprint density at radius 3 is 2.64 bits per heavy atom. The van der Waals surface area contributed by atoms with E-state index in [-0.39, 0.29) is 30.1 Å². The standard InChI is InChI=1S/C17H19N3O4S/c21-17(19-13-14-4-3-7-18-12-14)15-5-1-2-6-16(15)25(22,23)20-8-10-24-11-9-20/h1-7,12H,8-11,13H2,(H,19,21). The lowest BCUT2D eigenvalue weighted by Crippen LogP contribution is -2.41. The quantitative estimate of drug-likeness (QED) is 0.859. The molecule has 132 valence electrons. The van der Waals surface area contributed by atoms with Gasteiger partial charge in [0.05, 0.1) is 23.7 Å². The zero-order chi connectivity index (χ0) is 17.7. The second-order valence-corrected chi connectivity index (χ2v) is 7.46. The van der Waals surface area contributed by atoms with Crippen molar-refractivity contribution >= 4 is 15.9 Å². The SMILES string of the molecule is O=C(NCc1cccnc1)c1ccccc1S(=O)(=O)N1CCOCC1. The van der Waals surface area contributed by atoms with Crippen LogP contribution in [-0.4, -0.2) is 49.9 Å². The van der Waals surface area contributed by atoms with Crippen molar-refractivity contribution in [1.29, 1.82) is 0 Å². The summed E-state index contributed by atoms with van der Waals surface area (Å²) in [5.74, 6) is -0.434. The highest BCUT2D eigenvalue weighted by Crippen LogP contribution is 2.21. The number of hydrogen-bond donors (Lipinski definition) is 1. The van der Waals surface area contributed by atoms with Crippen LogP contribution in [0.1, 0.15) is 15.9 Å². The van der Waals surface area contributed by atoms with Gasteiger partial charge in [0, 0.05) is 32.0 Å². The Morgan fingerprint density at radius 2 is 1.92 bits per heavy atom. The van der Waals surface area contributed by atoms with Crippen molar-refractivity contribution in [3.05, 3.63) is 59.9 Å². The van der Waals surface area contributed by atoms with Crippen molar-refractivity contribution in [2.45, 2.75) is 11.4 Å². The van der Waals surface area contributed by atoms with E-state index in [0.29, 0.717) is 13.2 Å². The van der Waals surface area contributed by atoms with Gasteiger partial charge in [-0.15, -0.1) is 0 Å². The average Bonchev–Trinajstić information content (AvgIpc) is 2.67. The van der Waals surface area contributed by atoms with Crippen molar-refractivity contribution in [3.63, 3.8) is 0 Å². The maximum atomic E-state index is 12.9. The molecule has 0 saturated carbocycles. The molecule has 1 fully saturated rings. The topological polar surface area (TPSA) is 88.6 Å². The van der Waals surface area contributed by atoms with Crippen LogP contribution >= 0.6 is 0 Å². The minimum atomic E-state index is -3.74. The number of benzene rings is 1. The van der Waals surface area contributed by atoms with Gasteiger partial charge in [0.2, 0.25) is 10.0 Å². The second kappa shape index (κ2) is 7.73. The number of carbonyl (C=O) groups is 1. The molecule has 2 aromatic rings. The Labute approximate surface area is 146 Å². The van der Waals surface area contributed by atoms with Gasteiger partial charge in [-0.05, 0) is 23.8 Å². The van der Waals surface area contributed by atoms with E-state index >= 15 is 0 Å². The van der Waals surface area contributed by atoms with Gasteiger partial charge in [-0.25, -0.2) is 8.42 Å². The van der Waals surface area contributed by atoms with Crippen LogP contribution in [-0.2, 0) is 21.3 Å². The fourth-order valence-corrected chi connectivity index (χ4v) is 4.18. The number of ether oxygens (including phenoxy) is 1. The first-order chi connectivity index (χ1) is 12.1. The smallest absolute Gasteiger partial charge is 0.252 e. The summed E-state index contributed by atoms with van der Waals surface area (Å²) in [7, 11) is -3.74. The van der Waals surface area contributed by atoms with E-state index in [0.717, 1.165) is 5.56 Å². The number of rotatable bonds is 5. The average molecular weight is 361 g/mol. The van der Waals surface area contributed by atoms with Crippen LogP contribution < -0.4 is 5.32 Å². The first-order valence-corrected chi connectivity index (χ1v) is 9.37. The number of sulfonamides is 1. The van der Waals surface area contributed by atoms with E-state index in [1.807, 2.05) is 6.07 Å².